The minimum absolute atomic E-state index is 0.312. The molecule has 2 heteroatoms. The van der Waals surface area contributed by atoms with Crippen LogP contribution < -0.4 is 5.73 Å². The highest BCUT2D eigenvalue weighted by atomic mass is 15.2. The summed E-state index contributed by atoms with van der Waals surface area (Å²) in [6.45, 7) is 12.7. The average Bonchev–Trinajstić information content (AvgIpc) is 2.62. The molecule has 1 unspecified atom stereocenters. The third kappa shape index (κ3) is 2.41. The van der Waals surface area contributed by atoms with E-state index in [1.54, 1.807) is 0 Å². The van der Waals surface area contributed by atoms with Gasteiger partial charge in [-0.3, -0.25) is 0 Å². The molecule has 78 valence electrons. The predicted octanol–water partition coefficient (Wildman–Crippen LogP) is 2.40. The molecule has 1 aliphatic heterocycles. The van der Waals surface area contributed by atoms with Gasteiger partial charge in [-0.25, -0.2) is 0 Å². The van der Waals surface area contributed by atoms with Crippen LogP contribution in [0.1, 0.15) is 25.7 Å². The van der Waals surface area contributed by atoms with Crippen LogP contribution in [0.5, 0.6) is 0 Å². The molecule has 0 aromatic rings. The summed E-state index contributed by atoms with van der Waals surface area (Å²) in [4.78, 5) is 2.28. The zero-order valence-electron chi connectivity index (χ0n) is 8.84. The molecule has 1 rings (SSSR count). The molecular formula is C12H20N2. The summed E-state index contributed by atoms with van der Waals surface area (Å²) in [6.07, 6.45) is 6.19. The van der Waals surface area contributed by atoms with E-state index in [4.69, 9.17) is 5.73 Å². The van der Waals surface area contributed by atoms with Crippen molar-refractivity contribution in [3.63, 3.8) is 0 Å². The smallest absolute Gasteiger partial charge is 0.0677 e. The maximum absolute atomic E-state index is 5.76. The van der Waals surface area contributed by atoms with E-state index < -0.39 is 0 Å². The molecule has 14 heavy (non-hydrogen) atoms. The van der Waals surface area contributed by atoms with E-state index >= 15 is 0 Å². The fourth-order valence-corrected chi connectivity index (χ4v) is 1.94. The second-order valence-corrected chi connectivity index (χ2v) is 3.82. The van der Waals surface area contributed by atoms with Gasteiger partial charge in [0.15, 0.2) is 0 Å². The molecule has 2 N–H and O–H groups in total. The lowest BCUT2D eigenvalue weighted by Crippen LogP contribution is -2.32. The maximum atomic E-state index is 5.76. The van der Waals surface area contributed by atoms with E-state index in [1.807, 2.05) is 6.08 Å². The minimum Gasteiger partial charge on any atom is -0.401 e. The number of nitrogens with zero attached hydrogens (tertiary/aromatic N) is 1. The van der Waals surface area contributed by atoms with Crippen molar-refractivity contribution in [1.82, 2.24) is 4.90 Å². The summed E-state index contributed by atoms with van der Waals surface area (Å²) in [5.74, 6) is 0. The number of hydrogen-bond acceptors (Lipinski definition) is 2. The lowest BCUT2D eigenvalue weighted by atomic mass is 10.1. The van der Waals surface area contributed by atoms with E-state index in [0.717, 1.165) is 31.5 Å². The molecule has 0 spiro atoms. The summed E-state index contributed by atoms with van der Waals surface area (Å²) in [6, 6.07) is 0.312. The maximum Gasteiger partial charge on any atom is 0.0677 e. The van der Waals surface area contributed by atoms with Crippen LogP contribution in [0.4, 0.5) is 0 Å². The van der Waals surface area contributed by atoms with Crippen LogP contribution in [-0.2, 0) is 0 Å². The van der Waals surface area contributed by atoms with Gasteiger partial charge in [0.05, 0.1) is 6.04 Å². The van der Waals surface area contributed by atoms with Crippen LogP contribution in [0.15, 0.2) is 37.2 Å². The van der Waals surface area contributed by atoms with Crippen LogP contribution in [-0.4, -0.2) is 17.5 Å². The van der Waals surface area contributed by atoms with E-state index in [-0.39, 0.29) is 0 Å². The van der Waals surface area contributed by atoms with Crippen molar-refractivity contribution in [1.29, 1.82) is 0 Å². The van der Waals surface area contributed by atoms with Crippen LogP contribution in [0.25, 0.3) is 0 Å². The van der Waals surface area contributed by atoms with Crippen molar-refractivity contribution in [3.05, 3.63) is 37.2 Å². The number of hydrogen-bond donors (Lipinski definition) is 1. The zero-order valence-corrected chi connectivity index (χ0v) is 8.84. The van der Waals surface area contributed by atoms with E-state index in [0.29, 0.717) is 6.04 Å². The standard InChI is InChI=1S/C12H20N2/c1-4-5-7-10(2)14-9-6-8-12(14)11(3)13/h4,12H,1-3,5-9,13H2. The Hall–Kier alpha value is -1.18. The van der Waals surface area contributed by atoms with Crippen molar-refractivity contribution >= 4 is 0 Å². The van der Waals surface area contributed by atoms with Crippen LogP contribution in [0, 0.1) is 0 Å². The molecule has 0 aliphatic carbocycles. The Balaban J connectivity index is 2.53. The normalized spacial score (nSPS) is 20.9. The molecule has 0 aromatic carbocycles. The van der Waals surface area contributed by atoms with Crippen LogP contribution in [0.3, 0.4) is 0 Å². The van der Waals surface area contributed by atoms with Gasteiger partial charge in [0.2, 0.25) is 0 Å². The van der Waals surface area contributed by atoms with Gasteiger partial charge in [-0.2, -0.15) is 0 Å². The molecule has 1 heterocycles. The molecule has 0 amide bonds. The molecule has 0 radical (unpaired) electrons. The van der Waals surface area contributed by atoms with Gasteiger partial charge in [0.25, 0.3) is 0 Å². The van der Waals surface area contributed by atoms with E-state index in [1.165, 1.54) is 12.1 Å². The second-order valence-electron chi connectivity index (χ2n) is 3.82. The molecule has 0 saturated carbocycles. The average molecular weight is 192 g/mol. The molecule has 0 aromatic heterocycles. The van der Waals surface area contributed by atoms with Gasteiger partial charge in [0.1, 0.15) is 0 Å². The molecule has 0 bridgehead atoms. The Bertz CT molecular complexity index is 243. The fraction of sp³-hybridized carbons (Fsp3) is 0.500. The van der Waals surface area contributed by atoms with Crippen molar-refractivity contribution in [2.24, 2.45) is 5.73 Å². The summed E-state index contributed by atoms with van der Waals surface area (Å²) >= 11 is 0. The summed E-state index contributed by atoms with van der Waals surface area (Å²) in [7, 11) is 0. The Morgan fingerprint density at radius 3 is 2.79 bits per heavy atom. The van der Waals surface area contributed by atoms with Gasteiger partial charge in [-0.15, -0.1) is 6.58 Å². The monoisotopic (exact) mass is 192 g/mol. The molecule has 1 fully saturated rings. The van der Waals surface area contributed by atoms with Crippen molar-refractivity contribution in [2.45, 2.75) is 31.7 Å². The number of rotatable bonds is 5. The molecule has 1 atom stereocenters. The van der Waals surface area contributed by atoms with Gasteiger partial charge in [-0.05, 0) is 25.7 Å². The van der Waals surface area contributed by atoms with Crippen molar-refractivity contribution < 1.29 is 0 Å². The van der Waals surface area contributed by atoms with Gasteiger partial charge in [-0.1, -0.05) is 19.2 Å². The largest absolute Gasteiger partial charge is 0.401 e. The highest BCUT2D eigenvalue weighted by Crippen LogP contribution is 2.26. The number of allylic oxidation sites excluding steroid dienone is 2. The minimum atomic E-state index is 0.312. The molecule has 1 aliphatic rings. The lowest BCUT2D eigenvalue weighted by molar-refractivity contribution is 0.342. The van der Waals surface area contributed by atoms with Crippen molar-refractivity contribution in [3.8, 4) is 0 Å². The van der Waals surface area contributed by atoms with Gasteiger partial charge in [0, 0.05) is 17.9 Å². The Labute approximate surface area is 86.8 Å². The van der Waals surface area contributed by atoms with Crippen molar-refractivity contribution in [2.75, 3.05) is 6.54 Å². The van der Waals surface area contributed by atoms with Crippen LogP contribution >= 0.6 is 0 Å². The zero-order chi connectivity index (χ0) is 10.6. The summed E-state index contributed by atoms with van der Waals surface area (Å²) in [5, 5.41) is 0. The fourth-order valence-electron chi connectivity index (χ4n) is 1.94. The first-order valence-corrected chi connectivity index (χ1v) is 5.16. The summed E-state index contributed by atoms with van der Waals surface area (Å²) in [5.41, 5.74) is 7.69. The first-order chi connectivity index (χ1) is 6.66. The first-order valence-electron chi connectivity index (χ1n) is 5.16. The Morgan fingerprint density at radius 1 is 1.50 bits per heavy atom. The topological polar surface area (TPSA) is 29.3 Å². The quantitative estimate of drug-likeness (QED) is 0.678. The van der Waals surface area contributed by atoms with Crippen LogP contribution in [0.2, 0.25) is 0 Å². The lowest BCUT2D eigenvalue weighted by Gasteiger charge is -2.28. The number of nitrogens with two attached hydrogens (primary N) is 1. The SMILES string of the molecule is C=CCCC(=C)N1CCCC1C(=C)N. The molecular weight excluding hydrogens is 172 g/mol. The van der Waals surface area contributed by atoms with E-state index in [9.17, 15) is 0 Å². The van der Waals surface area contributed by atoms with Gasteiger partial charge < -0.3 is 10.6 Å². The highest BCUT2D eigenvalue weighted by Gasteiger charge is 2.25. The predicted molar refractivity (Wildman–Crippen MR) is 61.6 cm³/mol. The molecule has 2 nitrogen and oxygen atoms in total. The number of likely N-dealkylation sites (tertiary alicyclic amines) is 1. The van der Waals surface area contributed by atoms with E-state index in [2.05, 4.69) is 24.6 Å². The van der Waals surface area contributed by atoms with Gasteiger partial charge >= 0.3 is 0 Å². The Kier molecular flexibility index (Phi) is 3.81. The third-order valence-electron chi connectivity index (χ3n) is 2.72. The molecule has 1 saturated heterocycles. The highest BCUT2D eigenvalue weighted by molar-refractivity contribution is 5.11. The summed E-state index contributed by atoms with van der Waals surface area (Å²) < 4.78 is 0. The Morgan fingerprint density at radius 2 is 2.21 bits per heavy atom. The third-order valence-corrected chi connectivity index (χ3v) is 2.72. The first kappa shape index (κ1) is 10.9. The second kappa shape index (κ2) is 4.89.